The normalized spacial score (nSPS) is 21.0. The van der Waals surface area contributed by atoms with E-state index >= 15 is 0 Å². The summed E-state index contributed by atoms with van der Waals surface area (Å²) < 4.78 is 5.29. The van der Waals surface area contributed by atoms with Crippen molar-refractivity contribution in [1.29, 1.82) is 0 Å². The van der Waals surface area contributed by atoms with Gasteiger partial charge in [0, 0.05) is 28.5 Å². The van der Waals surface area contributed by atoms with E-state index < -0.39 is 23.9 Å². The van der Waals surface area contributed by atoms with E-state index in [1.165, 1.54) is 16.7 Å². The molecule has 2 aliphatic heterocycles. The topological polar surface area (TPSA) is 145 Å². The summed E-state index contributed by atoms with van der Waals surface area (Å²) in [5, 5.41) is 15.7. The standard InChI is InChI=1S/C18H25N5O5S/c1-10(2)4-6-28-18(27)16-13(29-7-5-20-14(25)9-21-22-19)8-12-15(11(3)24)17(26)23(12)16/h4,11-12,15,24H,5-9H2,1-3H3,(H,20,25)/t11-,12-,15-/m1/s1. The molecule has 10 nitrogen and oxygen atoms in total. The van der Waals surface area contributed by atoms with Gasteiger partial charge in [0.05, 0.1) is 18.1 Å². The molecule has 0 unspecified atom stereocenters. The van der Waals surface area contributed by atoms with Gasteiger partial charge in [-0.3, -0.25) is 9.59 Å². The van der Waals surface area contributed by atoms with Gasteiger partial charge in [-0.25, -0.2) is 4.79 Å². The van der Waals surface area contributed by atoms with Crippen LogP contribution < -0.4 is 5.32 Å². The number of rotatable bonds is 10. The Morgan fingerprint density at radius 1 is 1.52 bits per heavy atom. The minimum atomic E-state index is -0.795. The summed E-state index contributed by atoms with van der Waals surface area (Å²) in [6.07, 6.45) is 1.44. The maximum Gasteiger partial charge on any atom is 0.356 e. The molecule has 0 spiro atoms. The molecule has 0 aromatic carbocycles. The van der Waals surface area contributed by atoms with Crippen LogP contribution in [0.2, 0.25) is 0 Å². The van der Waals surface area contributed by atoms with Crippen LogP contribution in [0.5, 0.6) is 0 Å². The zero-order valence-corrected chi connectivity index (χ0v) is 17.4. The third-order valence-corrected chi connectivity index (χ3v) is 5.68. The van der Waals surface area contributed by atoms with E-state index in [0.717, 1.165) is 5.57 Å². The van der Waals surface area contributed by atoms with Crippen LogP contribution in [0.1, 0.15) is 27.2 Å². The first-order valence-corrected chi connectivity index (χ1v) is 10.2. The molecule has 0 radical (unpaired) electrons. The van der Waals surface area contributed by atoms with E-state index in [4.69, 9.17) is 10.3 Å². The Morgan fingerprint density at radius 3 is 2.86 bits per heavy atom. The molecule has 1 fully saturated rings. The molecule has 3 atom stereocenters. The molecule has 0 bridgehead atoms. The lowest BCUT2D eigenvalue weighted by atomic mass is 9.83. The van der Waals surface area contributed by atoms with Gasteiger partial charge in [0.15, 0.2) is 0 Å². The zero-order chi connectivity index (χ0) is 21.6. The molecule has 29 heavy (non-hydrogen) atoms. The Hall–Kier alpha value is -2.49. The summed E-state index contributed by atoms with van der Waals surface area (Å²) in [6, 6.07) is -0.254. The van der Waals surface area contributed by atoms with Crippen molar-refractivity contribution in [2.45, 2.75) is 39.3 Å². The van der Waals surface area contributed by atoms with Gasteiger partial charge in [-0.2, -0.15) is 0 Å². The summed E-state index contributed by atoms with van der Waals surface area (Å²) in [4.78, 5) is 41.2. The highest BCUT2D eigenvalue weighted by Gasteiger charge is 2.56. The Balaban J connectivity index is 2.03. The first-order valence-electron chi connectivity index (χ1n) is 9.23. The Bertz CT molecular complexity index is 784. The number of nitrogens with zero attached hydrogens (tertiary/aromatic N) is 4. The lowest BCUT2D eigenvalue weighted by Gasteiger charge is -2.44. The zero-order valence-electron chi connectivity index (χ0n) is 16.6. The van der Waals surface area contributed by atoms with Crippen molar-refractivity contribution in [2.75, 3.05) is 25.4 Å². The Morgan fingerprint density at radius 2 is 2.24 bits per heavy atom. The molecule has 2 heterocycles. The predicted octanol–water partition coefficient (Wildman–Crippen LogP) is 1.48. The van der Waals surface area contributed by atoms with Gasteiger partial charge in [-0.15, -0.1) is 11.8 Å². The minimum Gasteiger partial charge on any atom is -0.457 e. The molecule has 11 heteroatoms. The molecule has 2 rings (SSSR count). The second kappa shape index (κ2) is 10.3. The smallest absolute Gasteiger partial charge is 0.356 e. The second-order valence-electron chi connectivity index (χ2n) is 6.99. The quantitative estimate of drug-likeness (QED) is 0.104. The SMILES string of the molecule is CC(C)=CCOC(=O)C1=C(SCCNC(=O)CN=[N+]=[N-])C[C@@H]2[C@@H]([C@@H](C)O)C(=O)N12. The number of carbonyl (C=O) groups is 3. The number of carbonyl (C=O) groups excluding carboxylic acids is 3. The van der Waals surface area contributed by atoms with Crippen molar-refractivity contribution < 1.29 is 24.2 Å². The summed E-state index contributed by atoms with van der Waals surface area (Å²) in [5.74, 6) is -1.30. The molecular weight excluding hydrogens is 398 g/mol. The van der Waals surface area contributed by atoms with Crippen molar-refractivity contribution in [3.05, 3.63) is 32.7 Å². The van der Waals surface area contributed by atoms with Crippen LogP contribution in [0, 0.1) is 5.92 Å². The Labute approximate surface area is 173 Å². The van der Waals surface area contributed by atoms with E-state index in [-0.39, 0.29) is 30.8 Å². The van der Waals surface area contributed by atoms with Crippen LogP contribution in [0.4, 0.5) is 0 Å². The average molecular weight is 423 g/mol. The lowest BCUT2D eigenvalue weighted by molar-refractivity contribution is -0.162. The summed E-state index contributed by atoms with van der Waals surface area (Å²) in [7, 11) is 0. The van der Waals surface area contributed by atoms with Gasteiger partial charge in [0.25, 0.3) is 0 Å². The number of azide groups is 1. The van der Waals surface area contributed by atoms with Crippen molar-refractivity contribution >= 4 is 29.5 Å². The van der Waals surface area contributed by atoms with Crippen molar-refractivity contribution in [2.24, 2.45) is 11.0 Å². The third-order valence-electron chi connectivity index (χ3n) is 4.57. The van der Waals surface area contributed by atoms with Gasteiger partial charge in [0.2, 0.25) is 11.8 Å². The lowest BCUT2D eigenvalue weighted by Crippen LogP contribution is -2.61. The number of hydrogen-bond donors (Lipinski definition) is 2. The largest absolute Gasteiger partial charge is 0.457 e. The monoisotopic (exact) mass is 423 g/mol. The average Bonchev–Trinajstić information content (AvgIpc) is 2.97. The fourth-order valence-corrected chi connectivity index (χ4v) is 4.28. The molecule has 2 amide bonds. The highest BCUT2D eigenvalue weighted by molar-refractivity contribution is 8.03. The maximum absolute atomic E-state index is 12.6. The molecule has 1 saturated heterocycles. The number of esters is 1. The molecule has 2 aliphatic rings. The number of aliphatic hydroxyl groups excluding tert-OH is 1. The van der Waals surface area contributed by atoms with E-state index in [1.807, 2.05) is 13.8 Å². The van der Waals surface area contributed by atoms with Crippen molar-refractivity contribution in [3.63, 3.8) is 0 Å². The van der Waals surface area contributed by atoms with Gasteiger partial charge in [-0.1, -0.05) is 10.7 Å². The number of fused-ring (bicyclic) bond motifs is 1. The van der Waals surface area contributed by atoms with Gasteiger partial charge in [-0.05, 0) is 32.4 Å². The fraction of sp³-hybridized carbons (Fsp3) is 0.611. The summed E-state index contributed by atoms with van der Waals surface area (Å²) in [5.41, 5.74) is 9.45. The second-order valence-corrected chi connectivity index (χ2v) is 8.17. The number of hydrogen-bond acceptors (Lipinski definition) is 7. The number of β-lactam (4-membered cyclic amide) rings is 1. The van der Waals surface area contributed by atoms with Crippen LogP contribution in [-0.2, 0) is 19.1 Å². The van der Waals surface area contributed by atoms with Crippen LogP contribution in [-0.4, -0.2) is 65.4 Å². The van der Waals surface area contributed by atoms with Crippen LogP contribution >= 0.6 is 11.8 Å². The molecule has 2 N–H and O–H groups in total. The first kappa shape index (κ1) is 22.8. The molecule has 0 aromatic heterocycles. The van der Waals surface area contributed by atoms with Gasteiger partial charge < -0.3 is 20.1 Å². The molecule has 0 saturated carbocycles. The molecule has 0 aromatic rings. The highest BCUT2D eigenvalue weighted by atomic mass is 32.2. The summed E-state index contributed by atoms with van der Waals surface area (Å²) in [6.45, 7) is 5.51. The van der Waals surface area contributed by atoms with Crippen LogP contribution in [0.3, 0.4) is 0 Å². The number of nitrogens with one attached hydrogen (secondary N) is 1. The Kier molecular flexibility index (Phi) is 8.12. The van der Waals surface area contributed by atoms with E-state index in [1.54, 1.807) is 13.0 Å². The van der Waals surface area contributed by atoms with Crippen molar-refractivity contribution in [1.82, 2.24) is 10.2 Å². The number of aliphatic hydroxyl groups is 1. The number of amides is 2. The van der Waals surface area contributed by atoms with E-state index in [9.17, 15) is 19.5 Å². The maximum atomic E-state index is 12.6. The van der Waals surface area contributed by atoms with E-state index in [0.29, 0.717) is 23.6 Å². The predicted molar refractivity (Wildman–Crippen MR) is 107 cm³/mol. The fourth-order valence-electron chi connectivity index (χ4n) is 3.22. The third kappa shape index (κ3) is 5.53. The molecular formula is C18H25N5O5S. The molecule has 0 aliphatic carbocycles. The van der Waals surface area contributed by atoms with Crippen molar-refractivity contribution in [3.8, 4) is 0 Å². The summed E-state index contributed by atoms with van der Waals surface area (Å²) >= 11 is 1.36. The number of allylic oxidation sites excluding steroid dienone is 1. The number of thioether (sulfide) groups is 1. The van der Waals surface area contributed by atoms with Crippen LogP contribution in [0.25, 0.3) is 10.4 Å². The van der Waals surface area contributed by atoms with Crippen LogP contribution in [0.15, 0.2) is 27.4 Å². The number of ether oxygens (including phenoxy) is 1. The molecule has 158 valence electrons. The van der Waals surface area contributed by atoms with Gasteiger partial charge in [0.1, 0.15) is 18.8 Å². The highest BCUT2D eigenvalue weighted by Crippen LogP contribution is 2.47. The minimum absolute atomic E-state index is 0.116. The first-order chi connectivity index (χ1) is 13.8. The van der Waals surface area contributed by atoms with Gasteiger partial charge >= 0.3 is 5.97 Å². The van der Waals surface area contributed by atoms with E-state index in [2.05, 4.69) is 15.3 Å².